The number of carbonyl (C=O) groups is 3. The Labute approximate surface area is 351 Å². The van der Waals surface area contributed by atoms with Gasteiger partial charge in [-0.1, -0.05) is 51.0 Å². The van der Waals surface area contributed by atoms with Crippen LogP contribution in [0.1, 0.15) is 84.3 Å². The first-order valence-electron chi connectivity index (χ1n) is 20.0. The normalized spacial score (nSPS) is 17.6. The number of anilines is 2. The number of hydrogen-bond donors (Lipinski definition) is 4. The van der Waals surface area contributed by atoms with Crippen molar-refractivity contribution in [3.63, 3.8) is 0 Å². The van der Waals surface area contributed by atoms with Gasteiger partial charge >= 0.3 is 19.5 Å². The zero-order chi connectivity index (χ0) is 43.6. The molecule has 2 aromatic rings. The van der Waals surface area contributed by atoms with Gasteiger partial charge in [0.2, 0.25) is 14.3 Å². The summed E-state index contributed by atoms with van der Waals surface area (Å²) in [5.74, 6) is -1.24. The van der Waals surface area contributed by atoms with E-state index in [1.807, 2.05) is 36.4 Å². The third kappa shape index (κ3) is 13.8. The number of nitrogens with two attached hydrogens (primary N) is 1. The van der Waals surface area contributed by atoms with Crippen molar-refractivity contribution in [3.05, 3.63) is 83.6 Å². The topological polar surface area (TPSA) is 188 Å². The van der Waals surface area contributed by atoms with Gasteiger partial charge in [-0.05, 0) is 99.0 Å². The van der Waals surface area contributed by atoms with Crippen LogP contribution < -0.4 is 31.9 Å². The second kappa shape index (κ2) is 23.8. The Morgan fingerprint density at radius 2 is 1.71 bits per heavy atom. The number of amides is 1. The summed E-state index contributed by atoms with van der Waals surface area (Å²) in [6.45, 7) is 12.0. The molecule has 1 heterocycles. The third-order valence-electron chi connectivity index (χ3n) is 10.2. The Balaban J connectivity index is 1.90. The average Bonchev–Trinajstić information content (AvgIpc) is 3.46. The van der Waals surface area contributed by atoms with E-state index in [0.29, 0.717) is 26.1 Å². The van der Waals surface area contributed by atoms with Crippen LogP contribution in [0.25, 0.3) is 0 Å². The molecule has 16 heteroatoms. The first kappa shape index (κ1) is 49.5. The number of ether oxygens (including phenoxy) is 2. The maximum Gasteiger partial charge on any atom is 0.359 e. The van der Waals surface area contributed by atoms with Crippen molar-refractivity contribution in [2.45, 2.75) is 84.0 Å². The summed E-state index contributed by atoms with van der Waals surface area (Å²) in [5, 5.41) is 7.24. The molecule has 1 amide bonds. The van der Waals surface area contributed by atoms with Crippen molar-refractivity contribution in [2.24, 2.45) is 5.73 Å². The van der Waals surface area contributed by atoms with Gasteiger partial charge in [-0.3, -0.25) is 13.9 Å². The van der Waals surface area contributed by atoms with E-state index in [-0.39, 0.29) is 23.2 Å². The number of hydrogen-bond acceptors (Lipinski definition) is 12. The van der Waals surface area contributed by atoms with Crippen molar-refractivity contribution in [3.8, 4) is 0 Å². The number of nitrogens with one attached hydrogen (secondary N) is 2. The van der Waals surface area contributed by atoms with Gasteiger partial charge in [-0.15, -0.1) is 0 Å². The highest BCUT2D eigenvalue weighted by molar-refractivity contribution is 7.61. The fraction of sp³-hybridized carbons (Fsp3) is 0.512. The summed E-state index contributed by atoms with van der Waals surface area (Å²) in [6.07, 6.45) is 14.5. The number of allylic oxidation sites excluding steroid dienone is 6. The van der Waals surface area contributed by atoms with Crippen LogP contribution in [0.15, 0.2) is 72.5 Å². The predicted molar refractivity (Wildman–Crippen MR) is 236 cm³/mol. The van der Waals surface area contributed by atoms with Crippen LogP contribution in [0, 0.1) is 0 Å². The molecule has 0 aliphatic carbocycles. The van der Waals surface area contributed by atoms with Gasteiger partial charge in [0.1, 0.15) is 0 Å². The molecule has 0 bridgehead atoms. The molecule has 0 aromatic heterocycles. The molecule has 0 saturated heterocycles. The van der Waals surface area contributed by atoms with E-state index >= 15 is 0 Å². The second-order valence-electron chi connectivity index (χ2n) is 14.8. The minimum absolute atomic E-state index is 0.0170. The standard InChI is InChI=1S/C43H64N4O10P2/c1-9-45-36-22-20-32(58(55-8)56-30-40(49)53-6)28-34(36)42(3,4)24-16-12-11-14-18-38-43(5,25-17-13-15-19-39(48)46-27-26-44)35-29-33(21-23-37(35)47(38)10-2)59(51,52)57-31-41(50)54-7/h11-12,14,16,18,20-23,28-29,45H,9-10,13,15,17,19,24-27,30-31,44H2,1-8H3,(H,46,48)(H,51,52)/b14-11+,16-12+,38-18+. The molecule has 59 heavy (non-hydrogen) atoms. The highest BCUT2D eigenvalue weighted by Gasteiger charge is 2.43. The maximum atomic E-state index is 13.3. The van der Waals surface area contributed by atoms with Crippen molar-refractivity contribution < 1.29 is 46.9 Å². The van der Waals surface area contributed by atoms with E-state index in [4.69, 9.17) is 24.0 Å². The fourth-order valence-corrected chi connectivity index (χ4v) is 9.15. The monoisotopic (exact) mass is 858 g/mol. The Hall–Kier alpha value is -3.87. The molecule has 326 valence electrons. The molecule has 0 fully saturated rings. The van der Waals surface area contributed by atoms with Gasteiger partial charge < -0.3 is 44.7 Å². The van der Waals surface area contributed by atoms with Gasteiger partial charge in [0.15, 0.2) is 13.2 Å². The largest absolute Gasteiger partial charge is 0.467 e. The van der Waals surface area contributed by atoms with E-state index in [2.05, 4.69) is 73.1 Å². The Kier molecular flexibility index (Phi) is 20.0. The van der Waals surface area contributed by atoms with Gasteiger partial charge in [0.05, 0.1) is 19.5 Å². The number of methoxy groups -OCH3 is 2. The molecule has 3 atom stereocenters. The summed E-state index contributed by atoms with van der Waals surface area (Å²) in [7, 11) is -1.77. The molecule has 2 aromatic carbocycles. The minimum Gasteiger partial charge on any atom is -0.467 e. The summed E-state index contributed by atoms with van der Waals surface area (Å²) in [5.41, 5.74) is 9.65. The zero-order valence-electron chi connectivity index (χ0n) is 35.9. The average molecular weight is 859 g/mol. The second-order valence-corrected chi connectivity index (χ2v) is 18.3. The number of carbonyl (C=O) groups excluding carboxylic acids is 3. The van der Waals surface area contributed by atoms with Crippen molar-refractivity contribution in [2.75, 3.05) is 70.9 Å². The summed E-state index contributed by atoms with van der Waals surface area (Å²) in [4.78, 5) is 48.7. The van der Waals surface area contributed by atoms with Gasteiger partial charge in [-0.25, -0.2) is 9.59 Å². The van der Waals surface area contributed by atoms with E-state index < -0.39 is 39.9 Å². The Morgan fingerprint density at radius 3 is 2.37 bits per heavy atom. The molecular formula is C43H64N4O10P2. The van der Waals surface area contributed by atoms with Crippen LogP contribution in [0.3, 0.4) is 0 Å². The van der Waals surface area contributed by atoms with Gasteiger partial charge in [-0.2, -0.15) is 0 Å². The number of benzene rings is 2. The number of esters is 2. The van der Waals surface area contributed by atoms with Crippen LogP contribution in [-0.2, 0) is 52.8 Å². The van der Waals surface area contributed by atoms with Crippen LogP contribution in [0.2, 0.25) is 0 Å². The molecule has 0 saturated carbocycles. The van der Waals surface area contributed by atoms with E-state index in [1.165, 1.54) is 14.2 Å². The lowest BCUT2D eigenvalue weighted by atomic mass is 9.77. The van der Waals surface area contributed by atoms with Crippen molar-refractivity contribution >= 4 is 55.8 Å². The maximum absolute atomic E-state index is 13.3. The first-order valence-corrected chi connectivity index (χ1v) is 22.8. The van der Waals surface area contributed by atoms with Crippen molar-refractivity contribution in [1.82, 2.24) is 5.32 Å². The molecular weight excluding hydrogens is 794 g/mol. The van der Waals surface area contributed by atoms with Crippen LogP contribution in [-0.4, -0.2) is 83.5 Å². The number of fused-ring (bicyclic) bond motifs is 1. The SMILES string of the molecule is CCNc1ccc(P(OC)OCC(=O)OC)cc1C(C)(C)C/C=C/C=C/C=C1/N(CC)c2ccc(P(=O)(O)OCC(=O)OC)cc2C1(C)CCCCCC(=O)NCCN. The molecule has 1 aliphatic rings. The van der Waals surface area contributed by atoms with Crippen molar-refractivity contribution in [1.29, 1.82) is 0 Å². The van der Waals surface area contributed by atoms with Crippen LogP contribution in [0.5, 0.6) is 0 Å². The van der Waals surface area contributed by atoms with Crippen LogP contribution >= 0.6 is 16.0 Å². The Morgan fingerprint density at radius 1 is 0.983 bits per heavy atom. The fourth-order valence-electron chi connectivity index (χ4n) is 7.05. The first-order chi connectivity index (χ1) is 28.1. The number of likely N-dealkylation sites (N-methyl/N-ethyl adjacent to an activating group) is 1. The van der Waals surface area contributed by atoms with E-state index in [9.17, 15) is 23.8 Å². The summed E-state index contributed by atoms with van der Waals surface area (Å²) >= 11 is 0. The molecule has 3 unspecified atom stereocenters. The number of unbranched alkanes of at least 4 members (excludes halogenated alkanes) is 2. The lowest BCUT2D eigenvalue weighted by Crippen LogP contribution is -2.29. The van der Waals surface area contributed by atoms with Gasteiger partial charge in [0, 0.05) is 67.5 Å². The number of rotatable bonds is 25. The predicted octanol–water partition coefficient (Wildman–Crippen LogP) is 6.38. The quantitative estimate of drug-likeness (QED) is 0.0373. The molecule has 3 rings (SSSR count). The van der Waals surface area contributed by atoms with E-state index in [0.717, 1.165) is 72.2 Å². The Bertz CT molecular complexity index is 1870. The highest BCUT2D eigenvalue weighted by Crippen LogP contribution is 2.52. The lowest BCUT2D eigenvalue weighted by Gasteiger charge is -2.30. The van der Waals surface area contributed by atoms with Gasteiger partial charge in [0.25, 0.3) is 0 Å². The summed E-state index contributed by atoms with van der Waals surface area (Å²) < 4.78 is 39.2. The molecule has 0 spiro atoms. The molecule has 14 nitrogen and oxygen atoms in total. The molecule has 1 aliphatic heterocycles. The third-order valence-corrected chi connectivity index (χ3v) is 13.0. The number of nitrogens with zero attached hydrogens (tertiary/aromatic N) is 1. The molecule has 0 radical (unpaired) electrons. The smallest absolute Gasteiger partial charge is 0.359 e. The molecule has 5 N–H and O–H groups in total. The van der Waals surface area contributed by atoms with Crippen LogP contribution in [0.4, 0.5) is 11.4 Å². The lowest BCUT2D eigenvalue weighted by molar-refractivity contribution is -0.143. The summed E-state index contributed by atoms with van der Waals surface area (Å²) in [6, 6.07) is 11.2. The highest BCUT2D eigenvalue weighted by atomic mass is 31.2. The minimum atomic E-state index is -4.35. The van der Waals surface area contributed by atoms with E-state index in [1.54, 1.807) is 19.2 Å². The zero-order valence-corrected chi connectivity index (χ0v) is 37.7.